The first-order chi connectivity index (χ1) is 12.4. The predicted octanol–water partition coefficient (Wildman–Crippen LogP) is 4.50. The van der Waals surface area contributed by atoms with Gasteiger partial charge in [0, 0.05) is 11.1 Å². The van der Waals surface area contributed by atoms with E-state index in [1.807, 2.05) is 6.07 Å². The van der Waals surface area contributed by atoms with Gasteiger partial charge in [0.15, 0.2) is 0 Å². The molecule has 0 atom stereocenters. The molecule has 0 saturated carbocycles. The average molecular weight is 357 g/mol. The van der Waals surface area contributed by atoms with Crippen LogP contribution in [0.5, 0.6) is 5.75 Å². The number of alkyl halides is 3. The minimum Gasteiger partial charge on any atom is -0.496 e. The van der Waals surface area contributed by atoms with E-state index in [-0.39, 0.29) is 12.4 Å². The minimum atomic E-state index is -4.54. The second-order valence-electron chi connectivity index (χ2n) is 5.55. The Kier molecular flexibility index (Phi) is 4.67. The molecule has 0 bridgehead atoms. The van der Waals surface area contributed by atoms with Crippen LogP contribution in [0.3, 0.4) is 0 Å². The van der Waals surface area contributed by atoms with Crippen molar-refractivity contribution in [3.63, 3.8) is 0 Å². The Balaban J connectivity index is 2.11. The second kappa shape index (κ2) is 6.92. The zero-order valence-corrected chi connectivity index (χ0v) is 13.8. The lowest BCUT2D eigenvalue weighted by atomic mass is 10.1. The molecule has 0 spiro atoms. The number of aromatic nitrogens is 2. The number of rotatable bonds is 4. The fourth-order valence-electron chi connectivity index (χ4n) is 2.69. The Hall–Kier alpha value is -3.27. The first kappa shape index (κ1) is 17.5. The molecular formula is C19H14F3N3O. The molecule has 0 amide bonds. The van der Waals surface area contributed by atoms with Gasteiger partial charge in [0.05, 0.1) is 31.5 Å². The third kappa shape index (κ3) is 3.40. The topological polar surface area (TPSA) is 50.8 Å². The van der Waals surface area contributed by atoms with E-state index in [1.165, 1.54) is 7.11 Å². The minimum absolute atomic E-state index is 0.0474. The third-order valence-electron chi connectivity index (χ3n) is 3.94. The van der Waals surface area contributed by atoms with Crippen LogP contribution in [0, 0.1) is 11.3 Å². The highest BCUT2D eigenvalue weighted by atomic mass is 19.4. The summed E-state index contributed by atoms with van der Waals surface area (Å²) in [6.45, 7) is -0.0474. The molecule has 0 fully saturated rings. The van der Waals surface area contributed by atoms with Gasteiger partial charge in [-0.25, -0.2) is 4.98 Å². The Morgan fingerprint density at radius 1 is 1.12 bits per heavy atom. The third-order valence-corrected chi connectivity index (χ3v) is 3.94. The summed E-state index contributed by atoms with van der Waals surface area (Å²) in [5.74, 6) is 0.674. The maximum Gasteiger partial charge on any atom is 0.433 e. The summed E-state index contributed by atoms with van der Waals surface area (Å²) < 4.78 is 46.7. The maximum absolute atomic E-state index is 13.4. The molecule has 1 aromatic heterocycles. The van der Waals surface area contributed by atoms with Gasteiger partial charge < -0.3 is 9.30 Å². The molecular weight excluding hydrogens is 343 g/mol. The Morgan fingerprint density at radius 3 is 2.42 bits per heavy atom. The van der Waals surface area contributed by atoms with Crippen LogP contribution in [-0.2, 0) is 12.7 Å². The Labute approximate surface area is 148 Å². The molecule has 1 heterocycles. The molecule has 3 aromatic rings. The molecule has 0 aliphatic rings. The molecule has 0 aliphatic heterocycles. The number of methoxy groups -OCH3 is 1. The van der Waals surface area contributed by atoms with Crippen LogP contribution in [0.1, 0.15) is 16.8 Å². The number of hydrogen-bond acceptors (Lipinski definition) is 3. The first-order valence-corrected chi connectivity index (χ1v) is 7.69. The molecule has 26 heavy (non-hydrogen) atoms. The number of hydrogen-bond donors (Lipinski definition) is 0. The molecule has 0 unspecified atom stereocenters. The van der Waals surface area contributed by atoms with Crippen molar-refractivity contribution in [3.8, 4) is 23.2 Å². The van der Waals surface area contributed by atoms with Crippen LogP contribution in [0.15, 0.2) is 54.7 Å². The normalized spacial score (nSPS) is 11.2. The van der Waals surface area contributed by atoms with E-state index in [9.17, 15) is 13.2 Å². The summed E-state index contributed by atoms with van der Waals surface area (Å²) in [5, 5.41) is 8.88. The maximum atomic E-state index is 13.4. The average Bonchev–Trinajstić information content (AvgIpc) is 3.06. The molecule has 7 heteroatoms. The van der Waals surface area contributed by atoms with Gasteiger partial charge in [-0.05, 0) is 30.3 Å². The number of para-hydroxylation sites is 1. The Morgan fingerprint density at radius 2 is 1.81 bits per heavy atom. The van der Waals surface area contributed by atoms with E-state index in [4.69, 9.17) is 10.00 Å². The van der Waals surface area contributed by atoms with E-state index in [1.54, 1.807) is 48.5 Å². The van der Waals surface area contributed by atoms with E-state index < -0.39 is 11.9 Å². The van der Waals surface area contributed by atoms with E-state index in [2.05, 4.69) is 4.98 Å². The summed E-state index contributed by atoms with van der Waals surface area (Å²) >= 11 is 0. The number of imidazole rings is 1. The van der Waals surface area contributed by atoms with Crippen LogP contribution in [-0.4, -0.2) is 16.7 Å². The summed E-state index contributed by atoms with van der Waals surface area (Å²) in [5.41, 5.74) is 0.679. The van der Waals surface area contributed by atoms with Gasteiger partial charge in [0.25, 0.3) is 0 Å². The van der Waals surface area contributed by atoms with E-state index >= 15 is 0 Å². The summed E-state index contributed by atoms with van der Waals surface area (Å²) in [4.78, 5) is 3.98. The fraction of sp³-hybridized carbons (Fsp3) is 0.158. The largest absolute Gasteiger partial charge is 0.496 e. The van der Waals surface area contributed by atoms with Crippen LogP contribution < -0.4 is 4.74 Å². The fourth-order valence-corrected chi connectivity index (χ4v) is 2.69. The van der Waals surface area contributed by atoms with Crippen LogP contribution in [0.2, 0.25) is 0 Å². The molecule has 0 aliphatic carbocycles. The van der Waals surface area contributed by atoms with Gasteiger partial charge in [-0.15, -0.1) is 0 Å². The molecule has 0 N–H and O–H groups in total. The van der Waals surface area contributed by atoms with Gasteiger partial charge in [-0.1, -0.05) is 18.2 Å². The molecule has 3 rings (SSSR count). The summed E-state index contributed by atoms with van der Waals surface area (Å²) in [6, 6.07) is 15.1. The van der Waals surface area contributed by atoms with Crippen molar-refractivity contribution in [2.75, 3.05) is 7.11 Å². The van der Waals surface area contributed by atoms with Crippen molar-refractivity contribution in [2.45, 2.75) is 12.7 Å². The van der Waals surface area contributed by atoms with Gasteiger partial charge >= 0.3 is 6.18 Å². The quantitative estimate of drug-likeness (QED) is 0.691. The molecule has 4 nitrogen and oxygen atoms in total. The number of benzene rings is 2. The zero-order chi connectivity index (χ0) is 18.7. The number of nitriles is 1. The Bertz CT molecular complexity index is 953. The monoisotopic (exact) mass is 357 g/mol. The molecule has 0 saturated heterocycles. The smallest absolute Gasteiger partial charge is 0.433 e. The van der Waals surface area contributed by atoms with Crippen molar-refractivity contribution < 1.29 is 17.9 Å². The van der Waals surface area contributed by atoms with Gasteiger partial charge in [0.1, 0.15) is 17.3 Å². The lowest BCUT2D eigenvalue weighted by Crippen LogP contribution is -2.15. The summed E-state index contributed by atoms with van der Waals surface area (Å²) in [6.07, 6.45) is -3.72. The van der Waals surface area contributed by atoms with Crippen molar-refractivity contribution in [3.05, 3.63) is 71.5 Å². The van der Waals surface area contributed by atoms with Gasteiger partial charge in [-0.3, -0.25) is 0 Å². The van der Waals surface area contributed by atoms with Crippen molar-refractivity contribution in [1.82, 2.24) is 9.55 Å². The predicted molar refractivity (Wildman–Crippen MR) is 89.5 cm³/mol. The van der Waals surface area contributed by atoms with Crippen molar-refractivity contribution in [2.24, 2.45) is 0 Å². The number of nitrogens with zero attached hydrogens (tertiary/aromatic N) is 3. The van der Waals surface area contributed by atoms with Crippen molar-refractivity contribution >= 4 is 0 Å². The second-order valence-corrected chi connectivity index (χ2v) is 5.55. The SMILES string of the molecule is COc1ccccc1Cn1c(C(F)(F)F)cnc1-c1ccc(C#N)cc1. The molecule has 2 aromatic carbocycles. The molecule has 0 radical (unpaired) electrons. The highest BCUT2D eigenvalue weighted by Crippen LogP contribution is 2.34. The van der Waals surface area contributed by atoms with E-state index in [0.29, 0.717) is 22.4 Å². The van der Waals surface area contributed by atoms with E-state index in [0.717, 1.165) is 10.8 Å². The lowest BCUT2D eigenvalue weighted by Gasteiger charge is -2.16. The summed E-state index contributed by atoms with van der Waals surface area (Å²) in [7, 11) is 1.47. The number of ether oxygens (including phenoxy) is 1. The number of halogens is 3. The zero-order valence-electron chi connectivity index (χ0n) is 13.8. The van der Waals surface area contributed by atoms with Gasteiger partial charge in [0.2, 0.25) is 0 Å². The lowest BCUT2D eigenvalue weighted by molar-refractivity contribution is -0.143. The first-order valence-electron chi connectivity index (χ1n) is 7.69. The van der Waals surface area contributed by atoms with Gasteiger partial charge in [-0.2, -0.15) is 18.4 Å². The molecule has 132 valence electrons. The van der Waals surface area contributed by atoms with Crippen LogP contribution in [0.4, 0.5) is 13.2 Å². The van der Waals surface area contributed by atoms with Crippen LogP contribution in [0.25, 0.3) is 11.4 Å². The standard InChI is InChI=1S/C19H14F3N3O/c1-26-16-5-3-2-4-15(16)12-25-17(19(20,21)22)11-24-18(25)14-8-6-13(10-23)7-9-14/h2-9,11H,12H2,1H3. The highest BCUT2D eigenvalue weighted by Gasteiger charge is 2.36. The van der Waals surface area contributed by atoms with Crippen LogP contribution >= 0.6 is 0 Å². The van der Waals surface area contributed by atoms with Crippen molar-refractivity contribution in [1.29, 1.82) is 5.26 Å². The highest BCUT2D eigenvalue weighted by molar-refractivity contribution is 5.58.